The topological polar surface area (TPSA) is 83.9 Å². The van der Waals surface area contributed by atoms with Gasteiger partial charge in [-0.1, -0.05) is 17.7 Å². The van der Waals surface area contributed by atoms with Gasteiger partial charge in [0, 0.05) is 5.02 Å². The van der Waals surface area contributed by atoms with Crippen LogP contribution in [-0.4, -0.2) is 33.1 Å². The number of halogens is 2. The van der Waals surface area contributed by atoms with E-state index in [2.05, 4.69) is 0 Å². The van der Waals surface area contributed by atoms with Gasteiger partial charge in [-0.25, -0.2) is 12.8 Å². The minimum atomic E-state index is -4.33. The summed E-state index contributed by atoms with van der Waals surface area (Å²) in [6.45, 7) is 0.885. The number of hydrogen-bond acceptors (Lipinski definition) is 4. The van der Waals surface area contributed by atoms with Crippen molar-refractivity contribution in [2.75, 3.05) is 18.0 Å². The zero-order valence-electron chi connectivity index (χ0n) is 13.4. The second-order valence-corrected chi connectivity index (χ2v) is 7.40. The van der Waals surface area contributed by atoms with Crippen molar-refractivity contribution in [1.29, 1.82) is 0 Å². The molecule has 0 bridgehead atoms. The summed E-state index contributed by atoms with van der Waals surface area (Å²) in [6.07, 6.45) is 0. The maximum absolute atomic E-state index is 13.9. The van der Waals surface area contributed by atoms with Crippen LogP contribution in [0.1, 0.15) is 5.56 Å². The first-order chi connectivity index (χ1) is 11.7. The van der Waals surface area contributed by atoms with Gasteiger partial charge in [-0.15, -0.1) is 0 Å². The Morgan fingerprint density at radius 3 is 2.48 bits per heavy atom. The number of hydrogen-bond donors (Lipinski definition) is 1. The second kappa shape index (κ2) is 7.28. The Morgan fingerprint density at radius 1 is 1.28 bits per heavy atom. The highest BCUT2D eigenvalue weighted by molar-refractivity contribution is 7.92. The lowest BCUT2D eigenvalue weighted by Gasteiger charge is -2.23. The highest BCUT2D eigenvalue weighted by Crippen LogP contribution is 2.29. The molecule has 0 fully saturated rings. The summed E-state index contributed by atoms with van der Waals surface area (Å²) < 4.78 is 44.9. The molecule has 0 aromatic heterocycles. The molecule has 1 N–H and O–H groups in total. The molecule has 6 nitrogen and oxygen atoms in total. The standard InChI is InChI=1S/C16H15ClFNO5S/c1-10-3-4-11(7-13(10)17)19(9-16(20)21)25(22,23)12-5-6-15(24-2)14(18)8-12/h3-8H,9H2,1-2H3,(H,20,21). The molecule has 0 aliphatic heterocycles. The molecule has 0 saturated heterocycles. The summed E-state index contributed by atoms with van der Waals surface area (Å²) in [5.41, 5.74) is 0.766. The summed E-state index contributed by atoms with van der Waals surface area (Å²) in [5, 5.41) is 9.36. The van der Waals surface area contributed by atoms with Crippen LogP contribution in [0.25, 0.3) is 0 Å². The van der Waals surface area contributed by atoms with E-state index in [4.69, 9.17) is 21.4 Å². The maximum atomic E-state index is 13.9. The lowest BCUT2D eigenvalue weighted by molar-refractivity contribution is -0.135. The highest BCUT2D eigenvalue weighted by atomic mass is 35.5. The van der Waals surface area contributed by atoms with Crippen LogP contribution >= 0.6 is 11.6 Å². The summed E-state index contributed by atoms with van der Waals surface area (Å²) in [4.78, 5) is 10.7. The molecule has 134 valence electrons. The van der Waals surface area contributed by atoms with E-state index >= 15 is 0 Å². The summed E-state index contributed by atoms with van der Waals surface area (Å²) in [5.74, 6) is -2.36. The number of benzene rings is 2. The molecule has 0 aliphatic carbocycles. The number of aryl methyl sites for hydroxylation is 1. The molecule has 0 atom stereocenters. The van der Waals surface area contributed by atoms with E-state index in [9.17, 15) is 17.6 Å². The monoisotopic (exact) mass is 387 g/mol. The molecule has 0 unspecified atom stereocenters. The van der Waals surface area contributed by atoms with E-state index in [1.807, 2.05) is 0 Å². The maximum Gasteiger partial charge on any atom is 0.324 e. The third-order valence-electron chi connectivity index (χ3n) is 3.43. The van der Waals surface area contributed by atoms with Gasteiger partial charge >= 0.3 is 5.97 Å². The van der Waals surface area contributed by atoms with Crippen molar-refractivity contribution < 1.29 is 27.4 Å². The summed E-state index contributed by atoms with van der Waals surface area (Å²) in [6, 6.07) is 7.42. The Balaban J connectivity index is 2.57. The zero-order valence-corrected chi connectivity index (χ0v) is 14.9. The van der Waals surface area contributed by atoms with Gasteiger partial charge in [-0.2, -0.15) is 0 Å². The smallest absolute Gasteiger partial charge is 0.324 e. The van der Waals surface area contributed by atoms with Crippen molar-refractivity contribution in [2.45, 2.75) is 11.8 Å². The summed E-state index contributed by atoms with van der Waals surface area (Å²) >= 11 is 6.01. The van der Waals surface area contributed by atoms with Gasteiger partial charge in [0.1, 0.15) is 6.54 Å². The molecule has 0 heterocycles. The van der Waals surface area contributed by atoms with Gasteiger partial charge in [-0.05, 0) is 42.8 Å². The molecule has 0 aliphatic rings. The van der Waals surface area contributed by atoms with Crippen molar-refractivity contribution in [3.05, 3.63) is 52.8 Å². The van der Waals surface area contributed by atoms with Crippen molar-refractivity contribution >= 4 is 33.3 Å². The Labute approximate surface area is 149 Å². The first-order valence-corrected chi connectivity index (χ1v) is 8.83. The van der Waals surface area contributed by atoms with Crippen molar-refractivity contribution in [1.82, 2.24) is 0 Å². The lowest BCUT2D eigenvalue weighted by Crippen LogP contribution is -2.35. The van der Waals surface area contributed by atoms with Crippen LogP contribution in [-0.2, 0) is 14.8 Å². The lowest BCUT2D eigenvalue weighted by atomic mass is 10.2. The van der Waals surface area contributed by atoms with Gasteiger partial charge < -0.3 is 9.84 Å². The fourth-order valence-electron chi connectivity index (χ4n) is 2.11. The summed E-state index contributed by atoms with van der Waals surface area (Å²) in [7, 11) is -3.08. The third-order valence-corrected chi connectivity index (χ3v) is 5.61. The van der Waals surface area contributed by atoms with E-state index < -0.39 is 33.3 Å². The Hall–Kier alpha value is -2.32. The number of methoxy groups -OCH3 is 1. The molecule has 0 radical (unpaired) electrons. The first-order valence-electron chi connectivity index (χ1n) is 7.01. The number of carbonyl (C=O) groups is 1. The molecule has 2 aromatic carbocycles. The van der Waals surface area contributed by atoms with Gasteiger partial charge in [0.15, 0.2) is 11.6 Å². The number of aliphatic carboxylic acids is 1. The van der Waals surface area contributed by atoms with Crippen LogP contribution in [0.2, 0.25) is 5.02 Å². The van der Waals surface area contributed by atoms with E-state index in [1.54, 1.807) is 13.0 Å². The molecule has 9 heteroatoms. The predicted octanol–water partition coefficient (Wildman–Crippen LogP) is 3.08. The fourth-order valence-corrected chi connectivity index (χ4v) is 3.70. The minimum Gasteiger partial charge on any atom is -0.494 e. The molecule has 0 spiro atoms. The molecular formula is C16H15ClFNO5S. The van der Waals surface area contributed by atoms with E-state index in [-0.39, 0.29) is 16.5 Å². The van der Waals surface area contributed by atoms with E-state index in [1.165, 1.54) is 19.2 Å². The first kappa shape index (κ1) is 19.0. The predicted molar refractivity (Wildman–Crippen MR) is 91.3 cm³/mol. The van der Waals surface area contributed by atoms with E-state index in [0.717, 1.165) is 18.2 Å². The average molecular weight is 388 g/mol. The van der Waals surface area contributed by atoms with Gasteiger partial charge in [-0.3, -0.25) is 9.10 Å². The number of nitrogens with zero attached hydrogens (tertiary/aromatic N) is 1. The van der Waals surface area contributed by atoms with Crippen molar-refractivity contribution in [3.63, 3.8) is 0 Å². The zero-order chi connectivity index (χ0) is 18.8. The second-order valence-electron chi connectivity index (χ2n) is 5.14. The Bertz CT molecular complexity index is 917. The number of sulfonamides is 1. The van der Waals surface area contributed by atoms with Crippen LogP contribution in [0.5, 0.6) is 5.75 Å². The quantitative estimate of drug-likeness (QED) is 0.823. The number of carboxylic acids is 1. The van der Waals surface area contributed by atoms with E-state index in [0.29, 0.717) is 9.87 Å². The normalized spacial score (nSPS) is 11.2. The molecule has 2 aromatic rings. The van der Waals surface area contributed by atoms with Crippen LogP contribution in [0.15, 0.2) is 41.3 Å². The molecule has 0 saturated carbocycles. The van der Waals surface area contributed by atoms with Crippen LogP contribution in [0.4, 0.5) is 10.1 Å². The minimum absolute atomic E-state index is 0.0641. The number of ether oxygens (including phenoxy) is 1. The average Bonchev–Trinajstić information content (AvgIpc) is 2.55. The molecular weight excluding hydrogens is 373 g/mol. The van der Waals surface area contributed by atoms with Gasteiger partial charge in [0.2, 0.25) is 0 Å². The third kappa shape index (κ3) is 4.02. The molecule has 25 heavy (non-hydrogen) atoms. The fraction of sp³-hybridized carbons (Fsp3) is 0.188. The Morgan fingerprint density at radius 2 is 1.96 bits per heavy atom. The van der Waals surface area contributed by atoms with Crippen molar-refractivity contribution in [3.8, 4) is 5.75 Å². The van der Waals surface area contributed by atoms with Crippen LogP contribution in [0, 0.1) is 12.7 Å². The number of carboxylic acid groups (broad SMARTS) is 1. The molecule has 0 amide bonds. The molecule has 2 rings (SSSR count). The number of anilines is 1. The van der Waals surface area contributed by atoms with Crippen LogP contribution in [0.3, 0.4) is 0 Å². The largest absolute Gasteiger partial charge is 0.494 e. The number of rotatable bonds is 6. The Kier molecular flexibility index (Phi) is 5.54. The highest BCUT2D eigenvalue weighted by Gasteiger charge is 2.28. The van der Waals surface area contributed by atoms with Gasteiger partial charge in [0.25, 0.3) is 10.0 Å². The SMILES string of the molecule is COc1ccc(S(=O)(=O)N(CC(=O)O)c2ccc(C)c(Cl)c2)cc1F. The van der Waals surface area contributed by atoms with Gasteiger partial charge in [0.05, 0.1) is 17.7 Å². The van der Waals surface area contributed by atoms with Crippen LogP contribution < -0.4 is 9.04 Å². The van der Waals surface area contributed by atoms with Crippen molar-refractivity contribution in [2.24, 2.45) is 0 Å².